The number of ether oxygens (including phenoxy) is 2. The molecule has 1 aromatic rings. The van der Waals surface area contributed by atoms with Crippen molar-refractivity contribution >= 4 is 16.0 Å². The summed E-state index contributed by atoms with van der Waals surface area (Å²) in [4.78, 5) is 11.3. The van der Waals surface area contributed by atoms with Crippen molar-refractivity contribution in [3.8, 4) is 5.75 Å². The van der Waals surface area contributed by atoms with E-state index in [-0.39, 0.29) is 29.9 Å². The first-order valence-electron chi connectivity index (χ1n) is 11.9. The number of hydrogen-bond donors (Lipinski definition) is 2. The first-order valence-corrected chi connectivity index (χ1v) is 13.6. The van der Waals surface area contributed by atoms with E-state index >= 15 is 0 Å². The monoisotopic (exact) mass is 486 g/mol. The van der Waals surface area contributed by atoms with Gasteiger partial charge in [0.05, 0.1) is 25.5 Å². The second-order valence-corrected chi connectivity index (χ2v) is 11.0. The fourth-order valence-corrected chi connectivity index (χ4v) is 5.11. The number of halogens is 1. The third-order valence-electron chi connectivity index (χ3n) is 5.86. The molecule has 0 aliphatic heterocycles. The first kappa shape index (κ1) is 27.5. The van der Waals surface area contributed by atoms with Gasteiger partial charge in [0, 0.05) is 6.04 Å². The number of carbonyl (C=O) groups excluding carboxylic acids is 1. The van der Waals surface area contributed by atoms with E-state index in [1.165, 1.54) is 6.07 Å². The summed E-state index contributed by atoms with van der Waals surface area (Å²) in [5.74, 6) is 0.514. The average molecular weight is 487 g/mol. The largest absolute Gasteiger partial charge is 0.490 e. The summed E-state index contributed by atoms with van der Waals surface area (Å²) >= 11 is 0. The maximum atomic E-state index is 14.2. The second kappa shape index (κ2) is 13.2. The predicted molar refractivity (Wildman–Crippen MR) is 127 cm³/mol. The lowest BCUT2D eigenvalue weighted by Crippen LogP contribution is -2.33. The van der Waals surface area contributed by atoms with Crippen LogP contribution in [0.4, 0.5) is 4.39 Å². The SMILES string of the molecule is CCOC(=O)CNCCCCCS(=O)(=O)NC(c1ccc(F)c(OCC2CC2C)c1)C(C)C. The Morgan fingerprint density at radius 3 is 2.61 bits per heavy atom. The molecule has 0 radical (unpaired) electrons. The fourth-order valence-electron chi connectivity index (χ4n) is 3.61. The highest BCUT2D eigenvalue weighted by Gasteiger charge is 2.33. The molecule has 0 saturated heterocycles. The van der Waals surface area contributed by atoms with Crippen LogP contribution in [0.5, 0.6) is 5.75 Å². The molecule has 0 bridgehead atoms. The van der Waals surface area contributed by atoms with Crippen LogP contribution in [0.15, 0.2) is 18.2 Å². The molecule has 9 heteroatoms. The molecule has 33 heavy (non-hydrogen) atoms. The molecule has 0 spiro atoms. The molecule has 2 rings (SSSR count). The Kier molecular flexibility index (Phi) is 11.1. The summed E-state index contributed by atoms with van der Waals surface area (Å²) in [5.41, 5.74) is 0.692. The Hall–Kier alpha value is -1.71. The molecule has 1 aromatic carbocycles. The number of benzene rings is 1. The van der Waals surface area contributed by atoms with Gasteiger partial charge in [0.25, 0.3) is 0 Å². The van der Waals surface area contributed by atoms with Crippen LogP contribution >= 0.6 is 0 Å². The lowest BCUT2D eigenvalue weighted by atomic mass is 9.97. The van der Waals surface area contributed by atoms with Crippen LogP contribution < -0.4 is 14.8 Å². The normalized spacial score (nSPS) is 18.8. The highest BCUT2D eigenvalue weighted by Crippen LogP contribution is 2.38. The molecule has 1 fully saturated rings. The lowest BCUT2D eigenvalue weighted by molar-refractivity contribution is -0.141. The zero-order valence-electron chi connectivity index (χ0n) is 20.2. The number of esters is 1. The molecule has 7 nitrogen and oxygen atoms in total. The van der Waals surface area contributed by atoms with E-state index in [0.29, 0.717) is 43.6 Å². The second-order valence-electron chi connectivity index (χ2n) is 9.17. The van der Waals surface area contributed by atoms with Crippen molar-refractivity contribution in [2.75, 3.05) is 32.1 Å². The third kappa shape index (κ3) is 9.98. The molecule has 2 N–H and O–H groups in total. The zero-order valence-corrected chi connectivity index (χ0v) is 21.0. The van der Waals surface area contributed by atoms with Crippen molar-refractivity contribution in [3.05, 3.63) is 29.6 Å². The van der Waals surface area contributed by atoms with E-state index in [1.54, 1.807) is 19.1 Å². The van der Waals surface area contributed by atoms with Gasteiger partial charge in [0.1, 0.15) is 0 Å². The number of carbonyl (C=O) groups is 1. The van der Waals surface area contributed by atoms with Crippen LogP contribution in [-0.4, -0.2) is 46.4 Å². The highest BCUT2D eigenvalue weighted by molar-refractivity contribution is 7.89. The third-order valence-corrected chi connectivity index (χ3v) is 7.30. The Labute approximate surface area is 197 Å². The molecule has 1 saturated carbocycles. The van der Waals surface area contributed by atoms with Gasteiger partial charge >= 0.3 is 5.97 Å². The number of rotatable bonds is 16. The summed E-state index contributed by atoms with van der Waals surface area (Å²) in [6.45, 7) is 9.38. The van der Waals surface area contributed by atoms with Crippen molar-refractivity contribution in [1.82, 2.24) is 10.0 Å². The van der Waals surface area contributed by atoms with Gasteiger partial charge in [-0.1, -0.05) is 33.3 Å². The Morgan fingerprint density at radius 2 is 1.97 bits per heavy atom. The van der Waals surface area contributed by atoms with E-state index in [4.69, 9.17) is 9.47 Å². The number of sulfonamides is 1. The summed E-state index contributed by atoms with van der Waals surface area (Å²) < 4.78 is 52.9. The average Bonchev–Trinajstić information content (AvgIpc) is 3.46. The molecular formula is C24H39FN2O5S. The van der Waals surface area contributed by atoms with Crippen LogP contribution in [0, 0.1) is 23.6 Å². The quantitative estimate of drug-likeness (QED) is 0.273. The minimum absolute atomic E-state index is 0.0121. The van der Waals surface area contributed by atoms with Crippen LogP contribution in [0.25, 0.3) is 0 Å². The number of nitrogens with one attached hydrogen (secondary N) is 2. The summed E-state index contributed by atoms with van der Waals surface area (Å²) in [6, 6.07) is 4.10. The summed E-state index contributed by atoms with van der Waals surface area (Å²) in [5, 5.41) is 2.99. The van der Waals surface area contributed by atoms with Crippen molar-refractivity contribution in [3.63, 3.8) is 0 Å². The number of unbranched alkanes of at least 4 members (excludes halogenated alkanes) is 2. The summed E-state index contributed by atoms with van der Waals surface area (Å²) in [7, 11) is -3.51. The molecule has 0 aromatic heterocycles. The van der Waals surface area contributed by atoms with E-state index < -0.39 is 21.9 Å². The van der Waals surface area contributed by atoms with Gasteiger partial charge in [0.2, 0.25) is 10.0 Å². The van der Waals surface area contributed by atoms with Crippen LogP contribution in [0.1, 0.15) is 65.0 Å². The topological polar surface area (TPSA) is 93.7 Å². The maximum Gasteiger partial charge on any atom is 0.319 e. The van der Waals surface area contributed by atoms with Gasteiger partial charge in [-0.05, 0) is 68.2 Å². The van der Waals surface area contributed by atoms with Crippen LogP contribution in [0.3, 0.4) is 0 Å². The zero-order chi connectivity index (χ0) is 24.4. The smallest absolute Gasteiger partial charge is 0.319 e. The van der Waals surface area contributed by atoms with Crippen molar-refractivity contribution in [1.29, 1.82) is 0 Å². The van der Waals surface area contributed by atoms with E-state index in [1.807, 2.05) is 13.8 Å². The van der Waals surface area contributed by atoms with Gasteiger partial charge in [-0.2, -0.15) is 0 Å². The molecule has 0 heterocycles. The van der Waals surface area contributed by atoms with E-state index in [0.717, 1.165) is 19.3 Å². The molecule has 1 aliphatic rings. The lowest BCUT2D eigenvalue weighted by Gasteiger charge is -2.23. The van der Waals surface area contributed by atoms with Crippen LogP contribution in [-0.2, 0) is 19.6 Å². The Morgan fingerprint density at radius 1 is 1.24 bits per heavy atom. The molecule has 188 valence electrons. The van der Waals surface area contributed by atoms with Gasteiger partial charge in [0.15, 0.2) is 11.6 Å². The number of hydrogen-bond acceptors (Lipinski definition) is 6. The Balaban J connectivity index is 1.83. The van der Waals surface area contributed by atoms with E-state index in [9.17, 15) is 17.6 Å². The first-order chi connectivity index (χ1) is 15.6. The standard InChI is InChI=1S/C24H39FN2O5S/c1-5-31-23(28)15-26-11-7-6-8-12-33(29,30)27-24(17(2)3)19-9-10-21(25)22(14-19)32-16-20-13-18(20)4/h9-10,14,17-18,20,24,26-27H,5-8,11-13,15-16H2,1-4H3. The highest BCUT2D eigenvalue weighted by atomic mass is 32.2. The van der Waals surface area contributed by atoms with Crippen LogP contribution in [0.2, 0.25) is 0 Å². The molecule has 1 aliphatic carbocycles. The maximum absolute atomic E-state index is 14.2. The van der Waals surface area contributed by atoms with Gasteiger partial charge in [-0.3, -0.25) is 4.79 Å². The van der Waals surface area contributed by atoms with Gasteiger partial charge < -0.3 is 14.8 Å². The molecule has 0 amide bonds. The van der Waals surface area contributed by atoms with Gasteiger partial charge in [-0.15, -0.1) is 0 Å². The van der Waals surface area contributed by atoms with Crippen molar-refractivity contribution in [2.24, 2.45) is 17.8 Å². The van der Waals surface area contributed by atoms with Crippen molar-refractivity contribution in [2.45, 2.75) is 59.4 Å². The van der Waals surface area contributed by atoms with E-state index in [2.05, 4.69) is 17.0 Å². The molecule has 3 atom stereocenters. The predicted octanol–water partition coefficient (Wildman–Crippen LogP) is 3.80. The van der Waals surface area contributed by atoms with Gasteiger partial charge in [-0.25, -0.2) is 17.5 Å². The summed E-state index contributed by atoms with van der Waals surface area (Å²) in [6.07, 6.45) is 3.09. The minimum Gasteiger partial charge on any atom is -0.490 e. The minimum atomic E-state index is -3.51. The fraction of sp³-hybridized carbons (Fsp3) is 0.708. The van der Waals surface area contributed by atoms with Crippen molar-refractivity contribution < 1.29 is 27.1 Å². The Bertz CT molecular complexity index is 862. The molecule has 3 unspecified atom stereocenters. The molecular weight excluding hydrogens is 447 g/mol.